The van der Waals surface area contributed by atoms with Gasteiger partial charge in [0.1, 0.15) is 23.9 Å². The van der Waals surface area contributed by atoms with Crippen LogP contribution in [0.4, 0.5) is 13.2 Å². The number of nitrogens with one attached hydrogen (secondary N) is 1. The molecule has 0 radical (unpaired) electrons. The number of aliphatic hydroxyl groups excluding tert-OH is 1. The fourth-order valence-electron chi connectivity index (χ4n) is 1.91. The number of alkyl halides is 1. The highest BCUT2D eigenvalue weighted by Crippen LogP contribution is 2.19. The summed E-state index contributed by atoms with van der Waals surface area (Å²) in [6.07, 6.45) is -3.32. The maximum Gasteiger partial charge on any atom is 0.254 e. The molecule has 1 amide bonds. The molecule has 0 aliphatic carbocycles. The van der Waals surface area contributed by atoms with Crippen LogP contribution in [0, 0.1) is 11.6 Å². The van der Waals surface area contributed by atoms with Gasteiger partial charge in [0.2, 0.25) is 0 Å². The third-order valence-electron chi connectivity index (χ3n) is 3.13. The summed E-state index contributed by atoms with van der Waals surface area (Å²) in [4.78, 5) is 11.7. The summed E-state index contributed by atoms with van der Waals surface area (Å²) in [5.41, 5.74) is -0.0139. The Kier molecular flexibility index (Phi) is 5.16. The summed E-state index contributed by atoms with van der Waals surface area (Å²) in [5.74, 6) is -1.99. The van der Waals surface area contributed by atoms with Crippen molar-refractivity contribution >= 4 is 5.91 Å². The van der Waals surface area contributed by atoms with Gasteiger partial charge >= 0.3 is 0 Å². The summed E-state index contributed by atoms with van der Waals surface area (Å²) in [6, 6.07) is 10.0. The Balaban J connectivity index is 1.95. The predicted octanol–water partition coefficient (Wildman–Crippen LogP) is 2.77. The average molecular weight is 309 g/mol. The van der Waals surface area contributed by atoms with Crippen molar-refractivity contribution in [2.24, 2.45) is 0 Å². The number of carbonyl (C=O) groups excluding carboxylic acids is 1. The molecule has 0 fully saturated rings. The molecule has 2 N–H and O–H groups in total. The van der Waals surface area contributed by atoms with Crippen LogP contribution in [-0.4, -0.2) is 23.7 Å². The van der Waals surface area contributed by atoms with Gasteiger partial charge in [0.15, 0.2) is 0 Å². The first-order valence-electron chi connectivity index (χ1n) is 6.59. The van der Waals surface area contributed by atoms with E-state index in [1.165, 1.54) is 30.3 Å². The van der Waals surface area contributed by atoms with Crippen LogP contribution in [0.3, 0.4) is 0 Å². The molecule has 2 unspecified atom stereocenters. The fraction of sp³-hybridized carbons (Fsp3) is 0.188. The van der Waals surface area contributed by atoms with E-state index < -0.39 is 36.4 Å². The predicted molar refractivity (Wildman–Crippen MR) is 75.0 cm³/mol. The third kappa shape index (κ3) is 3.85. The number of halogens is 3. The van der Waals surface area contributed by atoms with E-state index in [1.807, 2.05) is 0 Å². The van der Waals surface area contributed by atoms with E-state index in [9.17, 15) is 23.1 Å². The second kappa shape index (κ2) is 7.09. The number of carbonyl (C=O) groups is 1. The van der Waals surface area contributed by atoms with Crippen LogP contribution >= 0.6 is 0 Å². The smallest absolute Gasteiger partial charge is 0.254 e. The summed E-state index contributed by atoms with van der Waals surface area (Å²) < 4.78 is 40.1. The minimum absolute atomic E-state index is 0.189. The van der Waals surface area contributed by atoms with Crippen molar-refractivity contribution in [3.63, 3.8) is 0 Å². The van der Waals surface area contributed by atoms with Crippen LogP contribution < -0.4 is 5.32 Å². The number of aliphatic hydroxyl groups is 1. The molecule has 0 aliphatic rings. The second-order valence-electron chi connectivity index (χ2n) is 4.70. The van der Waals surface area contributed by atoms with Crippen molar-refractivity contribution in [2.75, 3.05) is 6.54 Å². The van der Waals surface area contributed by atoms with Crippen molar-refractivity contribution in [2.45, 2.75) is 12.3 Å². The quantitative estimate of drug-likeness (QED) is 0.892. The standard InChI is InChI=1S/C16H14F3NO2/c17-11-7-5-10(6-8-11)15(21)14(19)9-20-16(22)12-3-1-2-4-13(12)18/h1-8,14-15,21H,9H2,(H,20,22). The van der Waals surface area contributed by atoms with E-state index in [-0.39, 0.29) is 11.1 Å². The van der Waals surface area contributed by atoms with Gasteiger partial charge in [0, 0.05) is 0 Å². The molecule has 0 heterocycles. The van der Waals surface area contributed by atoms with E-state index in [0.717, 1.165) is 18.2 Å². The van der Waals surface area contributed by atoms with Gasteiger partial charge in [-0.3, -0.25) is 4.79 Å². The molecular weight excluding hydrogens is 295 g/mol. The molecule has 116 valence electrons. The van der Waals surface area contributed by atoms with Crippen molar-refractivity contribution in [3.8, 4) is 0 Å². The summed E-state index contributed by atoms with van der Waals surface area (Å²) in [5, 5.41) is 12.0. The van der Waals surface area contributed by atoms with E-state index in [2.05, 4.69) is 5.32 Å². The van der Waals surface area contributed by atoms with Gasteiger partial charge in [-0.1, -0.05) is 24.3 Å². The van der Waals surface area contributed by atoms with Gasteiger partial charge in [0.25, 0.3) is 5.91 Å². The molecule has 3 nitrogen and oxygen atoms in total. The van der Waals surface area contributed by atoms with E-state index in [0.29, 0.717) is 0 Å². The SMILES string of the molecule is O=C(NCC(F)C(O)c1ccc(F)cc1)c1ccccc1F. The Morgan fingerprint density at radius 1 is 1.09 bits per heavy atom. The lowest BCUT2D eigenvalue weighted by Crippen LogP contribution is -2.33. The molecule has 2 atom stereocenters. The molecule has 2 aromatic rings. The second-order valence-corrected chi connectivity index (χ2v) is 4.70. The van der Waals surface area contributed by atoms with Crippen LogP contribution in [0.5, 0.6) is 0 Å². The molecular formula is C16H14F3NO2. The van der Waals surface area contributed by atoms with Crippen molar-refractivity contribution in [1.29, 1.82) is 0 Å². The Hall–Kier alpha value is -2.34. The van der Waals surface area contributed by atoms with Crippen molar-refractivity contribution in [1.82, 2.24) is 5.32 Å². The minimum atomic E-state index is -1.80. The molecule has 0 spiro atoms. The highest BCUT2D eigenvalue weighted by molar-refractivity contribution is 5.94. The lowest BCUT2D eigenvalue weighted by atomic mass is 10.1. The first-order valence-corrected chi connectivity index (χ1v) is 6.59. The van der Waals surface area contributed by atoms with Gasteiger partial charge < -0.3 is 10.4 Å². The lowest BCUT2D eigenvalue weighted by Gasteiger charge is -2.16. The topological polar surface area (TPSA) is 49.3 Å². The van der Waals surface area contributed by atoms with E-state index in [4.69, 9.17) is 0 Å². The molecule has 0 aliphatic heterocycles. The Labute approximate surface area is 125 Å². The summed E-state index contributed by atoms with van der Waals surface area (Å²) in [6.45, 7) is -0.494. The number of hydrogen-bond acceptors (Lipinski definition) is 2. The number of rotatable bonds is 5. The maximum absolute atomic E-state index is 13.9. The maximum atomic E-state index is 13.9. The van der Waals surface area contributed by atoms with Gasteiger partial charge in [-0.15, -0.1) is 0 Å². The number of hydrogen-bond donors (Lipinski definition) is 2. The number of amides is 1. The molecule has 0 bridgehead atoms. The Morgan fingerprint density at radius 3 is 2.36 bits per heavy atom. The van der Waals surface area contributed by atoms with Gasteiger partial charge in [-0.2, -0.15) is 0 Å². The van der Waals surface area contributed by atoms with Crippen LogP contribution in [-0.2, 0) is 0 Å². The van der Waals surface area contributed by atoms with Crippen LogP contribution in [0.25, 0.3) is 0 Å². The van der Waals surface area contributed by atoms with Crippen LogP contribution in [0.1, 0.15) is 22.0 Å². The minimum Gasteiger partial charge on any atom is -0.385 e. The molecule has 0 saturated heterocycles. The number of benzene rings is 2. The van der Waals surface area contributed by atoms with Crippen LogP contribution in [0.15, 0.2) is 48.5 Å². The highest BCUT2D eigenvalue weighted by atomic mass is 19.1. The van der Waals surface area contributed by atoms with Gasteiger partial charge in [-0.25, -0.2) is 13.2 Å². The molecule has 0 saturated carbocycles. The lowest BCUT2D eigenvalue weighted by molar-refractivity contribution is 0.0714. The monoisotopic (exact) mass is 309 g/mol. The Bertz CT molecular complexity index is 646. The first-order chi connectivity index (χ1) is 10.5. The molecule has 6 heteroatoms. The van der Waals surface area contributed by atoms with E-state index >= 15 is 0 Å². The van der Waals surface area contributed by atoms with Gasteiger partial charge in [-0.05, 0) is 29.8 Å². The highest BCUT2D eigenvalue weighted by Gasteiger charge is 2.21. The Morgan fingerprint density at radius 2 is 1.73 bits per heavy atom. The molecule has 2 aromatic carbocycles. The fourth-order valence-corrected chi connectivity index (χ4v) is 1.91. The zero-order valence-electron chi connectivity index (χ0n) is 11.5. The summed E-state index contributed by atoms with van der Waals surface area (Å²) >= 11 is 0. The normalized spacial score (nSPS) is 13.5. The van der Waals surface area contributed by atoms with Gasteiger partial charge in [0.05, 0.1) is 12.1 Å². The van der Waals surface area contributed by atoms with Crippen LogP contribution in [0.2, 0.25) is 0 Å². The van der Waals surface area contributed by atoms with Crippen molar-refractivity contribution in [3.05, 3.63) is 71.3 Å². The van der Waals surface area contributed by atoms with Crippen molar-refractivity contribution < 1.29 is 23.1 Å². The summed E-state index contributed by atoms with van der Waals surface area (Å²) in [7, 11) is 0. The zero-order chi connectivity index (χ0) is 16.1. The molecule has 2 rings (SSSR count). The average Bonchev–Trinajstić information content (AvgIpc) is 2.52. The zero-order valence-corrected chi connectivity index (χ0v) is 11.5. The molecule has 0 aromatic heterocycles. The van der Waals surface area contributed by atoms with E-state index in [1.54, 1.807) is 0 Å². The largest absolute Gasteiger partial charge is 0.385 e. The third-order valence-corrected chi connectivity index (χ3v) is 3.13. The first kappa shape index (κ1) is 16.0. The molecule has 22 heavy (non-hydrogen) atoms.